The van der Waals surface area contributed by atoms with Crippen LogP contribution in [0.3, 0.4) is 0 Å². The number of nitrogens with one attached hydrogen (secondary N) is 1. The van der Waals surface area contributed by atoms with Crippen LogP contribution in [0.5, 0.6) is 5.75 Å². The van der Waals surface area contributed by atoms with E-state index in [4.69, 9.17) is 9.15 Å². The Balaban J connectivity index is 1.95. The number of furan rings is 1. The van der Waals surface area contributed by atoms with Crippen molar-refractivity contribution in [1.29, 1.82) is 0 Å². The van der Waals surface area contributed by atoms with E-state index >= 15 is 0 Å². The summed E-state index contributed by atoms with van der Waals surface area (Å²) in [6, 6.07) is 6.98. The van der Waals surface area contributed by atoms with Crippen LogP contribution < -0.4 is 10.1 Å². The van der Waals surface area contributed by atoms with E-state index in [1.54, 1.807) is 12.1 Å². The number of ether oxygens (including phenoxy) is 1. The van der Waals surface area contributed by atoms with Crippen molar-refractivity contribution in [2.75, 3.05) is 0 Å². The third-order valence-corrected chi connectivity index (χ3v) is 2.79. The van der Waals surface area contributed by atoms with Crippen molar-refractivity contribution >= 4 is 12.2 Å². The van der Waals surface area contributed by atoms with Crippen LogP contribution in [0.1, 0.15) is 23.0 Å². The molecular weight excluding hydrogens is 277 g/mol. The van der Waals surface area contributed by atoms with Crippen LogP contribution in [0.15, 0.2) is 41.0 Å². The second-order valence-electron chi connectivity index (χ2n) is 4.36. The second-order valence-corrected chi connectivity index (χ2v) is 4.36. The van der Waals surface area contributed by atoms with E-state index in [0.29, 0.717) is 12.0 Å². The summed E-state index contributed by atoms with van der Waals surface area (Å²) in [6.07, 6.45) is 1.16. The standard InChI is InChI=1S/C15H14FNO4/c1-10(15(19)17-8-13-3-2-6-20-13)21-14-5-4-12(16)7-11(14)9-18/h2-7,9-10H,8H2,1H3,(H,17,19). The number of carbonyl (C=O) groups is 2. The van der Waals surface area contributed by atoms with Crippen molar-refractivity contribution in [3.63, 3.8) is 0 Å². The van der Waals surface area contributed by atoms with Crippen LogP contribution in [0.25, 0.3) is 0 Å². The average Bonchev–Trinajstić information content (AvgIpc) is 2.99. The molecule has 0 aliphatic carbocycles. The number of amides is 1. The van der Waals surface area contributed by atoms with Gasteiger partial charge >= 0.3 is 0 Å². The highest BCUT2D eigenvalue weighted by Gasteiger charge is 2.16. The lowest BCUT2D eigenvalue weighted by molar-refractivity contribution is -0.127. The highest BCUT2D eigenvalue weighted by Crippen LogP contribution is 2.19. The minimum absolute atomic E-state index is 0.0562. The van der Waals surface area contributed by atoms with Gasteiger partial charge in [-0.25, -0.2) is 4.39 Å². The predicted molar refractivity (Wildman–Crippen MR) is 72.4 cm³/mol. The zero-order valence-corrected chi connectivity index (χ0v) is 11.3. The van der Waals surface area contributed by atoms with Gasteiger partial charge < -0.3 is 14.5 Å². The molecule has 0 radical (unpaired) electrons. The van der Waals surface area contributed by atoms with Gasteiger partial charge in [0.15, 0.2) is 12.4 Å². The number of aldehydes is 1. The molecule has 1 aromatic heterocycles. The number of halogens is 1. The molecule has 1 amide bonds. The average molecular weight is 291 g/mol. The highest BCUT2D eigenvalue weighted by atomic mass is 19.1. The fourth-order valence-corrected chi connectivity index (χ4v) is 1.69. The summed E-state index contributed by atoms with van der Waals surface area (Å²) in [7, 11) is 0. The van der Waals surface area contributed by atoms with Gasteiger partial charge in [0, 0.05) is 0 Å². The van der Waals surface area contributed by atoms with E-state index in [-0.39, 0.29) is 23.8 Å². The zero-order chi connectivity index (χ0) is 15.2. The van der Waals surface area contributed by atoms with Gasteiger partial charge in [0.1, 0.15) is 17.3 Å². The van der Waals surface area contributed by atoms with Crippen molar-refractivity contribution in [1.82, 2.24) is 5.32 Å². The SMILES string of the molecule is CC(Oc1ccc(F)cc1C=O)C(=O)NCc1ccco1. The summed E-state index contributed by atoms with van der Waals surface area (Å²) in [6.45, 7) is 1.78. The Morgan fingerprint density at radius 2 is 2.29 bits per heavy atom. The first-order valence-corrected chi connectivity index (χ1v) is 6.31. The van der Waals surface area contributed by atoms with Gasteiger partial charge in [-0.15, -0.1) is 0 Å². The minimum Gasteiger partial charge on any atom is -0.480 e. The molecule has 5 nitrogen and oxygen atoms in total. The lowest BCUT2D eigenvalue weighted by atomic mass is 10.2. The normalized spacial score (nSPS) is 11.7. The molecule has 0 aliphatic rings. The molecule has 0 bridgehead atoms. The Kier molecular flexibility index (Phi) is 4.71. The fraction of sp³-hybridized carbons (Fsp3) is 0.200. The van der Waals surface area contributed by atoms with Crippen molar-refractivity contribution in [2.24, 2.45) is 0 Å². The van der Waals surface area contributed by atoms with E-state index in [2.05, 4.69) is 5.32 Å². The topological polar surface area (TPSA) is 68.5 Å². The summed E-state index contributed by atoms with van der Waals surface area (Å²) in [4.78, 5) is 22.7. The van der Waals surface area contributed by atoms with E-state index < -0.39 is 11.9 Å². The summed E-state index contributed by atoms with van der Waals surface area (Å²) in [5, 5.41) is 2.63. The molecule has 1 atom stereocenters. The van der Waals surface area contributed by atoms with Gasteiger partial charge in [0.05, 0.1) is 18.4 Å². The van der Waals surface area contributed by atoms with E-state index in [0.717, 1.165) is 12.1 Å². The first-order valence-electron chi connectivity index (χ1n) is 6.31. The van der Waals surface area contributed by atoms with Crippen LogP contribution in [0.2, 0.25) is 0 Å². The van der Waals surface area contributed by atoms with Gasteiger partial charge in [-0.05, 0) is 37.3 Å². The summed E-state index contributed by atoms with van der Waals surface area (Å²) < 4.78 is 23.5. The van der Waals surface area contributed by atoms with Gasteiger partial charge in [-0.2, -0.15) is 0 Å². The highest BCUT2D eigenvalue weighted by molar-refractivity contribution is 5.82. The first kappa shape index (κ1) is 14.8. The van der Waals surface area contributed by atoms with Gasteiger partial charge in [0.25, 0.3) is 5.91 Å². The van der Waals surface area contributed by atoms with Gasteiger partial charge in [-0.3, -0.25) is 9.59 Å². The number of benzene rings is 1. The molecule has 1 heterocycles. The Morgan fingerprint density at radius 3 is 2.95 bits per heavy atom. The molecule has 110 valence electrons. The van der Waals surface area contributed by atoms with Crippen LogP contribution in [0, 0.1) is 5.82 Å². The molecule has 0 saturated heterocycles. The molecule has 21 heavy (non-hydrogen) atoms. The van der Waals surface area contributed by atoms with Crippen molar-refractivity contribution in [3.05, 3.63) is 53.7 Å². The molecule has 0 aliphatic heterocycles. The Bertz CT molecular complexity index is 625. The third kappa shape index (κ3) is 3.92. The minimum atomic E-state index is -0.830. The second kappa shape index (κ2) is 6.69. The van der Waals surface area contributed by atoms with Crippen molar-refractivity contribution in [3.8, 4) is 5.75 Å². The smallest absolute Gasteiger partial charge is 0.261 e. The van der Waals surface area contributed by atoms with Crippen molar-refractivity contribution < 1.29 is 23.1 Å². The van der Waals surface area contributed by atoms with Crippen molar-refractivity contribution in [2.45, 2.75) is 19.6 Å². The monoisotopic (exact) mass is 291 g/mol. The molecule has 1 aromatic carbocycles. The van der Waals surface area contributed by atoms with Crippen LogP contribution in [-0.4, -0.2) is 18.3 Å². The maximum atomic E-state index is 13.0. The number of hydrogen-bond donors (Lipinski definition) is 1. The summed E-state index contributed by atoms with van der Waals surface area (Å²) in [5.74, 6) is -0.134. The summed E-state index contributed by atoms with van der Waals surface area (Å²) in [5.41, 5.74) is 0.0562. The molecule has 0 fully saturated rings. The third-order valence-electron chi connectivity index (χ3n) is 2.79. The quantitative estimate of drug-likeness (QED) is 0.829. The zero-order valence-electron chi connectivity index (χ0n) is 11.3. The maximum absolute atomic E-state index is 13.0. The molecule has 0 spiro atoms. The lowest BCUT2D eigenvalue weighted by Crippen LogP contribution is -2.36. The summed E-state index contributed by atoms with van der Waals surface area (Å²) >= 11 is 0. The molecule has 1 unspecified atom stereocenters. The fourth-order valence-electron chi connectivity index (χ4n) is 1.69. The first-order chi connectivity index (χ1) is 10.1. The lowest BCUT2D eigenvalue weighted by Gasteiger charge is -2.15. The van der Waals surface area contributed by atoms with Crippen LogP contribution in [-0.2, 0) is 11.3 Å². The Labute approximate surface area is 120 Å². The molecule has 0 saturated carbocycles. The Morgan fingerprint density at radius 1 is 1.48 bits per heavy atom. The van der Waals surface area contributed by atoms with Gasteiger partial charge in [-0.1, -0.05) is 0 Å². The number of carbonyl (C=O) groups excluding carboxylic acids is 2. The van der Waals surface area contributed by atoms with E-state index in [1.165, 1.54) is 19.3 Å². The predicted octanol–water partition coefficient (Wildman–Crippen LogP) is 2.31. The van der Waals surface area contributed by atoms with E-state index in [9.17, 15) is 14.0 Å². The molecular formula is C15H14FNO4. The van der Waals surface area contributed by atoms with E-state index in [1.807, 2.05) is 0 Å². The van der Waals surface area contributed by atoms with Crippen LogP contribution in [0.4, 0.5) is 4.39 Å². The van der Waals surface area contributed by atoms with Gasteiger partial charge in [0.2, 0.25) is 0 Å². The molecule has 2 rings (SSSR count). The maximum Gasteiger partial charge on any atom is 0.261 e. The molecule has 2 aromatic rings. The number of hydrogen-bond acceptors (Lipinski definition) is 4. The largest absolute Gasteiger partial charge is 0.480 e. The molecule has 1 N–H and O–H groups in total. The molecule has 6 heteroatoms. The van der Waals surface area contributed by atoms with Crippen LogP contribution >= 0.6 is 0 Å². The Hall–Kier alpha value is -2.63. The number of rotatable bonds is 6.